The second-order valence-corrected chi connectivity index (χ2v) is 5.05. The molecule has 96 valence electrons. The Balaban J connectivity index is 1.91. The molecule has 1 aliphatic rings. The van der Waals surface area contributed by atoms with Gasteiger partial charge >= 0.3 is 0 Å². The average Bonchev–Trinajstić information content (AvgIpc) is 2.78. The zero-order valence-electron chi connectivity index (χ0n) is 10.7. The Morgan fingerprint density at radius 2 is 2.18 bits per heavy atom. The molecule has 1 N–H and O–H groups in total. The van der Waals surface area contributed by atoms with Crippen molar-refractivity contribution in [1.29, 1.82) is 0 Å². The van der Waals surface area contributed by atoms with Crippen LogP contribution in [-0.4, -0.2) is 40.7 Å². The average molecular weight is 238 g/mol. The third-order valence-corrected chi connectivity index (χ3v) is 3.55. The van der Waals surface area contributed by atoms with Crippen molar-refractivity contribution in [3.8, 4) is 0 Å². The van der Waals surface area contributed by atoms with E-state index in [-0.39, 0.29) is 6.61 Å². The molecule has 0 unspecified atom stereocenters. The monoisotopic (exact) mass is 238 g/mol. The molecule has 2 rings (SSSR count). The van der Waals surface area contributed by atoms with Gasteiger partial charge in [0.25, 0.3) is 0 Å². The van der Waals surface area contributed by atoms with E-state index in [1.807, 2.05) is 0 Å². The maximum absolute atomic E-state index is 8.85. The van der Waals surface area contributed by atoms with Crippen molar-refractivity contribution >= 4 is 0 Å². The Morgan fingerprint density at radius 3 is 2.76 bits per heavy atom. The highest BCUT2D eigenvalue weighted by Gasteiger charge is 2.25. The summed E-state index contributed by atoms with van der Waals surface area (Å²) in [7, 11) is 0. The van der Waals surface area contributed by atoms with Crippen molar-refractivity contribution in [2.45, 2.75) is 45.1 Å². The Kier molecular flexibility index (Phi) is 4.18. The summed E-state index contributed by atoms with van der Waals surface area (Å²) in [5.41, 5.74) is 0.869. The fourth-order valence-corrected chi connectivity index (χ4v) is 2.40. The quantitative estimate of drug-likeness (QED) is 0.869. The van der Waals surface area contributed by atoms with Crippen LogP contribution in [-0.2, 0) is 6.42 Å². The first-order chi connectivity index (χ1) is 8.20. The number of rotatable bonds is 4. The van der Waals surface area contributed by atoms with Crippen LogP contribution in [0.15, 0.2) is 10.7 Å². The predicted octanol–water partition coefficient (Wildman–Crippen LogP) is 1.80. The molecule has 2 heterocycles. The van der Waals surface area contributed by atoms with Gasteiger partial charge in [0.05, 0.1) is 5.69 Å². The van der Waals surface area contributed by atoms with Crippen LogP contribution in [0.2, 0.25) is 0 Å². The van der Waals surface area contributed by atoms with Gasteiger partial charge in [0.1, 0.15) is 6.26 Å². The standard InChI is InChI=1S/C13H22N2O2/c1-10(2)15-6-3-11(4-7-15)13-14-12(5-8-16)9-17-13/h9-11,16H,3-8H2,1-2H3. The lowest BCUT2D eigenvalue weighted by molar-refractivity contribution is 0.163. The van der Waals surface area contributed by atoms with E-state index in [1.54, 1.807) is 6.26 Å². The highest BCUT2D eigenvalue weighted by Crippen LogP contribution is 2.28. The minimum Gasteiger partial charge on any atom is -0.448 e. The Morgan fingerprint density at radius 1 is 1.47 bits per heavy atom. The molecule has 1 saturated heterocycles. The maximum Gasteiger partial charge on any atom is 0.197 e. The van der Waals surface area contributed by atoms with Gasteiger partial charge in [0.15, 0.2) is 5.89 Å². The second-order valence-electron chi connectivity index (χ2n) is 5.05. The lowest BCUT2D eigenvalue weighted by atomic mass is 9.96. The molecule has 0 amide bonds. The maximum atomic E-state index is 8.85. The van der Waals surface area contributed by atoms with Crippen molar-refractivity contribution in [3.05, 3.63) is 17.8 Å². The van der Waals surface area contributed by atoms with Gasteiger partial charge in [-0.15, -0.1) is 0 Å². The van der Waals surface area contributed by atoms with Crippen molar-refractivity contribution < 1.29 is 9.52 Å². The minimum atomic E-state index is 0.137. The summed E-state index contributed by atoms with van der Waals surface area (Å²) in [6, 6.07) is 0.630. The van der Waals surface area contributed by atoms with Crippen LogP contribution in [0.25, 0.3) is 0 Å². The van der Waals surface area contributed by atoms with E-state index in [0.29, 0.717) is 18.4 Å². The van der Waals surface area contributed by atoms with Crippen LogP contribution < -0.4 is 0 Å². The lowest BCUT2D eigenvalue weighted by Gasteiger charge is -2.33. The molecular weight excluding hydrogens is 216 g/mol. The molecule has 0 bridgehead atoms. The van der Waals surface area contributed by atoms with Gasteiger partial charge in [0, 0.05) is 25.0 Å². The number of aliphatic hydroxyl groups is 1. The van der Waals surface area contributed by atoms with Crippen LogP contribution in [0, 0.1) is 0 Å². The van der Waals surface area contributed by atoms with Crippen molar-refractivity contribution in [3.63, 3.8) is 0 Å². The molecule has 0 aromatic carbocycles. The van der Waals surface area contributed by atoms with Crippen LogP contribution in [0.3, 0.4) is 0 Å². The van der Waals surface area contributed by atoms with E-state index in [4.69, 9.17) is 9.52 Å². The van der Waals surface area contributed by atoms with Crippen molar-refractivity contribution in [2.75, 3.05) is 19.7 Å². The molecule has 1 aromatic heterocycles. The van der Waals surface area contributed by atoms with Crippen LogP contribution in [0.5, 0.6) is 0 Å². The molecule has 17 heavy (non-hydrogen) atoms. The van der Waals surface area contributed by atoms with E-state index < -0.39 is 0 Å². The molecule has 0 spiro atoms. The first-order valence-corrected chi connectivity index (χ1v) is 6.50. The highest BCUT2D eigenvalue weighted by atomic mass is 16.3. The summed E-state index contributed by atoms with van der Waals surface area (Å²) in [5, 5.41) is 8.85. The molecule has 0 atom stereocenters. The third kappa shape index (κ3) is 3.07. The van der Waals surface area contributed by atoms with E-state index in [1.165, 1.54) is 0 Å². The van der Waals surface area contributed by atoms with Gasteiger partial charge in [-0.25, -0.2) is 4.98 Å². The molecule has 0 aliphatic carbocycles. The number of aromatic nitrogens is 1. The molecule has 1 aromatic rings. The fraction of sp³-hybridized carbons (Fsp3) is 0.769. The van der Waals surface area contributed by atoms with Gasteiger partial charge in [-0.3, -0.25) is 0 Å². The summed E-state index contributed by atoms with van der Waals surface area (Å²) < 4.78 is 5.51. The Hall–Kier alpha value is -0.870. The summed E-state index contributed by atoms with van der Waals surface area (Å²) in [6.07, 6.45) is 4.52. The number of aliphatic hydroxyl groups excluding tert-OH is 1. The van der Waals surface area contributed by atoms with Crippen LogP contribution in [0.1, 0.15) is 44.2 Å². The molecular formula is C13H22N2O2. The highest BCUT2D eigenvalue weighted by molar-refractivity contribution is 5.02. The van der Waals surface area contributed by atoms with Crippen LogP contribution in [0.4, 0.5) is 0 Å². The van der Waals surface area contributed by atoms with Gasteiger partial charge in [0.2, 0.25) is 0 Å². The van der Waals surface area contributed by atoms with Gasteiger partial charge in [-0.05, 0) is 39.8 Å². The molecule has 1 fully saturated rings. The van der Waals surface area contributed by atoms with Crippen molar-refractivity contribution in [2.24, 2.45) is 0 Å². The molecule has 1 aliphatic heterocycles. The Bertz CT molecular complexity index is 341. The first-order valence-electron chi connectivity index (χ1n) is 6.50. The van der Waals surface area contributed by atoms with Crippen LogP contribution >= 0.6 is 0 Å². The SMILES string of the molecule is CC(C)N1CCC(c2nc(CCO)co2)CC1. The largest absolute Gasteiger partial charge is 0.448 e. The molecule has 0 radical (unpaired) electrons. The third-order valence-electron chi connectivity index (χ3n) is 3.55. The second kappa shape index (κ2) is 5.65. The number of hydrogen-bond donors (Lipinski definition) is 1. The number of nitrogens with zero attached hydrogens (tertiary/aromatic N) is 2. The summed E-state index contributed by atoms with van der Waals surface area (Å²) >= 11 is 0. The predicted molar refractivity (Wildman–Crippen MR) is 66.0 cm³/mol. The number of likely N-dealkylation sites (tertiary alicyclic amines) is 1. The van der Waals surface area contributed by atoms with Gasteiger partial charge in [-0.2, -0.15) is 0 Å². The van der Waals surface area contributed by atoms with E-state index >= 15 is 0 Å². The minimum absolute atomic E-state index is 0.137. The summed E-state index contributed by atoms with van der Waals surface area (Å²) in [6.45, 7) is 6.87. The lowest BCUT2D eigenvalue weighted by Crippen LogP contribution is -2.37. The fourth-order valence-electron chi connectivity index (χ4n) is 2.40. The smallest absolute Gasteiger partial charge is 0.197 e. The van der Waals surface area contributed by atoms with E-state index in [9.17, 15) is 0 Å². The summed E-state index contributed by atoms with van der Waals surface area (Å²) in [4.78, 5) is 6.94. The van der Waals surface area contributed by atoms with Crippen molar-refractivity contribution in [1.82, 2.24) is 9.88 Å². The zero-order valence-corrected chi connectivity index (χ0v) is 10.7. The zero-order chi connectivity index (χ0) is 12.3. The van der Waals surface area contributed by atoms with E-state index in [0.717, 1.165) is 37.5 Å². The molecule has 4 nitrogen and oxygen atoms in total. The normalized spacial score (nSPS) is 19.1. The van der Waals surface area contributed by atoms with Gasteiger partial charge < -0.3 is 14.4 Å². The number of piperidine rings is 1. The summed E-state index contributed by atoms with van der Waals surface area (Å²) in [5.74, 6) is 1.31. The Labute approximate surface area is 103 Å². The van der Waals surface area contributed by atoms with Gasteiger partial charge in [-0.1, -0.05) is 0 Å². The molecule has 4 heteroatoms. The number of oxazole rings is 1. The van der Waals surface area contributed by atoms with E-state index in [2.05, 4.69) is 23.7 Å². The number of hydrogen-bond acceptors (Lipinski definition) is 4. The first kappa shape index (κ1) is 12.6. The topological polar surface area (TPSA) is 49.5 Å². The molecule has 0 saturated carbocycles.